The molecule has 1 aliphatic heterocycles. The minimum Gasteiger partial charge on any atom is -0.481 e. The first kappa shape index (κ1) is 11.0. The van der Waals surface area contributed by atoms with Crippen LogP contribution in [-0.2, 0) is 19.1 Å². The molecular weight excluding hydrogens is 188 g/mol. The quantitative estimate of drug-likeness (QED) is 0.670. The molecule has 14 heavy (non-hydrogen) atoms. The van der Waals surface area contributed by atoms with Crippen molar-refractivity contribution in [2.45, 2.75) is 39.6 Å². The van der Waals surface area contributed by atoms with Crippen LogP contribution in [0.5, 0.6) is 0 Å². The number of cyclic esters (lactones) is 1. The molecule has 0 aromatic rings. The first-order chi connectivity index (χ1) is 6.30. The van der Waals surface area contributed by atoms with Gasteiger partial charge in [0, 0.05) is 5.41 Å². The Bertz CT molecular complexity index is 252. The summed E-state index contributed by atoms with van der Waals surface area (Å²) in [6, 6.07) is 0. The van der Waals surface area contributed by atoms with Gasteiger partial charge in [0.2, 0.25) is 6.29 Å². The first-order valence-electron chi connectivity index (χ1n) is 4.38. The molecule has 1 N–H and O–H groups in total. The van der Waals surface area contributed by atoms with E-state index < -0.39 is 24.3 Å². The second-order valence-electron chi connectivity index (χ2n) is 4.36. The SMILES string of the molecule is CC(C)(C)[C@@H]1OC(=O)[C@@H](CC(=O)O)O1. The predicted octanol–water partition coefficient (Wildman–Crippen LogP) is 0.775. The second kappa shape index (κ2) is 3.57. The van der Waals surface area contributed by atoms with Crippen molar-refractivity contribution >= 4 is 11.9 Å². The van der Waals surface area contributed by atoms with Gasteiger partial charge in [-0.15, -0.1) is 0 Å². The number of carboxylic acid groups (broad SMARTS) is 1. The van der Waals surface area contributed by atoms with Crippen molar-refractivity contribution in [1.82, 2.24) is 0 Å². The lowest BCUT2D eigenvalue weighted by molar-refractivity contribution is -0.154. The molecule has 0 saturated carbocycles. The Labute approximate surface area is 82.0 Å². The molecular formula is C9H14O5. The maximum absolute atomic E-state index is 11.2. The van der Waals surface area contributed by atoms with Crippen molar-refractivity contribution < 1.29 is 24.2 Å². The fourth-order valence-corrected chi connectivity index (χ4v) is 1.08. The zero-order chi connectivity index (χ0) is 10.9. The molecule has 0 aromatic carbocycles. The summed E-state index contributed by atoms with van der Waals surface area (Å²) < 4.78 is 10.1. The highest BCUT2D eigenvalue weighted by Crippen LogP contribution is 2.30. The Kier molecular flexibility index (Phi) is 2.80. The van der Waals surface area contributed by atoms with Crippen molar-refractivity contribution in [3.05, 3.63) is 0 Å². The zero-order valence-corrected chi connectivity index (χ0v) is 8.44. The molecule has 1 heterocycles. The van der Waals surface area contributed by atoms with Gasteiger partial charge in [0.15, 0.2) is 6.10 Å². The number of rotatable bonds is 2. The van der Waals surface area contributed by atoms with Crippen LogP contribution in [0, 0.1) is 5.41 Å². The summed E-state index contributed by atoms with van der Waals surface area (Å²) in [5.74, 6) is -1.66. The fraction of sp³-hybridized carbons (Fsp3) is 0.778. The van der Waals surface area contributed by atoms with Crippen molar-refractivity contribution in [1.29, 1.82) is 0 Å². The third-order valence-corrected chi connectivity index (χ3v) is 1.84. The highest BCUT2D eigenvalue weighted by Gasteiger charge is 2.42. The van der Waals surface area contributed by atoms with Crippen molar-refractivity contribution in [3.63, 3.8) is 0 Å². The fourth-order valence-electron chi connectivity index (χ4n) is 1.08. The predicted molar refractivity (Wildman–Crippen MR) is 46.5 cm³/mol. The molecule has 0 aliphatic carbocycles. The standard InChI is InChI=1S/C9H14O5/c1-9(2,3)8-13-5(4-6(10)11)7(12)14-8/h5,8H,4H2,1-3H3,(H,10,11)/t5-,8+/m1/s1. The van der Waals surface area contributed by atoms with Gasteiger partial charge in [-0.3, -0.25) is 4.79 Å². The average molecular weight is 202 g/mol. The first-order valence-corrected chi connectivity index (χ1v) is 4.38. The van der Waals surface area contributed by atoms with E-state index in [-0.39, 0.29) is 11.8 Å². The summed E-state index contributed by atoms with van der Waals surface area (Å²) in [6.07, 6.45) is -1.96. The lowest BCUT2D eigenvalue weighted by atomic mass is 9.96. The maximum Gasteiger partial charge on any atom is 0.338 e. The summed E-state index contributed by atoms with van der Waals surface area (Å²) in [7, 11) is 0. The highest BCUT2D eigenvalue weighted by molar-refractivity contribution is 5.82. The van der Waals surface area contributed by atoms with Crippen LogP contribution in [0.15, 0.2) is 0 Å². The molecule has 1 saturated heterocycles. The molecule has 0 bridgehead atoms. The van der Waals surface area contributed by atoms with E-state index in [9.17, 15) is 9.59 Å². The van der Waals surface area contributed by atoms with E-state index >= 15 is 0 Å². The van der Waals surface area contributed by atoms with E-state index in [2.05, 4.69) is 0 Å². The van der Waals surface area contributed by atoms with Gasteiger partial charge in [0.25, 0.3) is 0 Å². The Morgan fingerprint density at radius 3 is 2.43 bits per heavy atom. The molecule has 80 valence electrons. The number of ether oxygens (including phenoxy) is 2. The Balaban J connectivity index is 2.60. The smallest absolute Gasteiger partial charge is 0.338 e. The van der Waals surface area contributed by atoms with Crippen LogP contribution in [-0.4, -0.2) is 29.4 Å². The molecule has 0 aromatic heterocycles. The van der Waals surface area contributed by atoms with Crippen molar-refractivity contribution in [2.24, 2.45) is 5.41 Å². The van der Waals surface area contributed by atoms with Crippen LogP contribution in [0.4, 0.5) is 0 Å². The third-order valence-electron chi connectivity index (χ3n) is 1.84. The third kappa shape index (κ3) is 2.45. The van der Waals surface area contributed by atoms with E-state index in [0.717, 1.165) is 0 Å². The minimum absolute atomic E-state index is 0.330. The van der Waals surface area contributed by atoms with Crippen molar-refractivity contribution in [3.8, 4) is 0 Å². The molecule has 0 spiro atoms. The van der Waals surface area contributed by atoms with Crippen LogP contribution in [0.3, 0.4) is 0 Å². The summed E-state index contributed by atoms with van der Waals surface area (Å²) in [6.45, 7) is 5.57. The molecule has 1 rings (SSSR count). The van der Waals surface area contributed by atoms with E-state index in [0.29, 0.717) is 0 Å². The minimum atomic E-state index is -1.07. The van der Waals surface area contributed by atoms with Gasteiger partial charge < -0.3 is 14.6 Å². The summed E-state index contributed by atoms with van der Waals surface area (Å²) in [5.41, 5.74) is -0.330. The number of aliphatic carboxylic acids is 1. The monoisotopic (exact) mass is 202 g/mol. The molecule has 1 fully saturated rings. The van der Waals surface area contributed by atoms with Crippen molar-refractivity contribution in [2.75, 3.05) is 0 Å². The molecule has 0 amide bonds. The maximum atomic E-state index is 11.2. The van der Waals surface area contributed by atoms with Crippen LogP contribution in [0.2, 0.25) is 0 Å². The normalized spacial score (nSPS) is 27.5. The largest absolute Gasteiger partial charge is 0.481 e. The second-order valence-corrected chi connectivity index (χ2v) is 4.36. The highest BCUT2D eigenvalue weighted by atomic mass is 16.8. The molecule has 2 atom stereocenters. The number of esters is 1. The average Bonchev–Trinajstić information content (AvgIpc) is 2.30. The Hall–Kier alpha value is -1.10. The molecule has 5 heteroatoms. The molecule has 1 aliphatic rings. The van der Waals surface area contributed by atoms with Gasteiger partial charge in [-0.1, -0.05) is 20.8 Å². The number of hydrogen-bond acceptors (Lipinski definition) is 4. The van der Waals surface area contributed by atoms with Crippen LogP contribution in [0.1, 0.15) is 27.2 Å². The molecule has 5 nitrogen and oxygen atoms in total. The van der Waals surface area contributed by atoms with E-state index in [4.69, 9.17) is 14.6 Å². The Morgan fingerprint density at radius 2 is 2.07 bits per heavy atom. The van der Waals surface area contributed by atoms with Crippen LogP contribution < -0.4 is 0 Å². The lowest BCUT2D eigenvalue weighted by Gasteiger charge is -2.23. The topological polar surface area (TPSA) is 72.8 Å². The van der Waals surface area contributed by atoms with Gasteiger partial charge in [-0.05, 0) is 0 Å². The van der Waals surface area contributed by atoms with E-state index in [1.807, 2.05) is 20.8 Å². The van der Waals surface area contributed by atoms with Crippen LogP contribution in [0.25, 0.3) is 0 Å². The van der Waals surface area contributed by atoms with Gasteiger partial charge in [-0.25, -0.2) is 4.79 Å². The number of carbonyl (C=O) groups excluding carboxylic acids is 1. The summed E-state index contributed by atoms with van der Waals surface area (Å²) in [4.78, 5) is 21.5. The summed E-state index contributed by atoms with van der Waals surface area (Å²) >= 11 is 0. The summed E-state index contributed by atoms with van der Waals surface area (Å²) in [5, 5.41) is 8.49. The zero-order valence-electron chi connectivity index (χ0n) is 8.44. The van der Waals surface area contributed by atoms with Gasteiger partial charge in [0.05, 0.1) is 6.42 Å². The lowest BCUT2D eigenvalue weighted by Crippen LogP contribution is -2.28. The van der Waals surface area contributed by atoms with Gasteiger partial charge in [0.1, 0.15) is 0 Å². The number of hydrogen-bond donors (Lipinski definition) is 1. The van der Waals surface area contributed by atoms with Gasteiger partial charge >= 0.3 is 11.9 Å². The van der Waals surface area contributed by atoms with E-state index in [1.165, 1.54) is 0 Å². The molecule has 0 unspecified atom stereocenters. The van der Waals surface area contributed by atoms with Crippen LogP contribution >= 0.6 is 0 Å². The number of carboxylic acids is 1. The number of carbonyl (C=O) groups is 2. The Morgan fingerprint density at radius 1 is 1.50 bits per heavy atom. The van der Waals surface area contributed by atoms with Gasteiger partial charge in [-0.2, -0.15) is 0 Å². The van der Waals surface area contributed by atoms with E-state index in [1.54, 1.807) is 0 Å². The molecule has 0 radical (unpaired) electrons.